The van der Waals surface area contributed by atoms with Crippen molar-refractivity contribution in [2.75, 3.05) is 0 Å². The van der Waals surface area contributed by atoms with Crippen molar-refractivity contribution in [3.8, 4) is 0 Å². The molecule has 1 aromatic carbocycles. The van der Waals surface area contributed by atoms with Crippen LogP contribution < -0.4 is 0 Å². The van der Waals surface area contributed by atoms with Crippen molar-refractivity contribution in [1.82, 2.24) is 0 Å². The van der Waals surface area contributed by atoms with Crippen LogP contribution in [0.1, 0.15) is 12.0 Å². The van der Waals surface area contributed by atoms with E-state index in [2.05, 4.69) is 0 Å². The second-order valence-corrected chi connectivity index (χ2v) is 5.02. The molecule has 1 N–H and O–H groups in total. The number of aliphatic hydroxyl groups is 1. The minimum absolute atomic E-state index is 0.0134. The molecule has 5 heteroatoms. The zero-order valence-corrected chi connectivity index (χ0v) is 10.4. The lowest BCUT2D eigenvalue weighted by Crippen LogP contribution is -2.41. The van der Waals surface area contributed by atoms with E-state index in [1.807, 2.05) is 0 Å². The van der Waals surface area contributed by atoms with Crippen LogP contribution in [0.2, 0.25) is 0 Å². The summed E-state index contributed by atoms with van der Waals surface area (Å²) in [6.45, 7) is 0. The van der Waals surface area contributed by atoms with E-state index in [1.54, 1.807) is 18.2 Å². The SMILES string of the molecule is O=C1C=CC2(C=C1)CC(F)(F)C(O)(c1ccccc1)O2. The summed E-state index contributed by atoms with van der Waals surface area (Å²) in [4.78, 5) is 11.1. The maximum atomic E-state index is 14.3. The zero-order valence-electron chi connectivity index (χ0n) is 10.4. The lowest BCUT2D eigenvalue weighted by Gasteiger charge is -2.30. The first-order valence-corrected chi connectivity index (χ1v) is 6.15. The van der Waals surface area contributed by atoms with E-state index in [0.717, 1.165) is 0 Å². The molecule has 104 valence electrons. The summed E-state index contributed by atoms with van der Waals surface area (Å²) >= 11 is 0. The van der Waals surface area contributed by atoms with Gasteiger partial charge in [0, 0.05) is 5.56 Å². The highest BCUT2D eigenvalue weighted by Gasteiger charge is 2.67. The molecule has 0 aromatic heterocycles. The van der Waals surface area contributed by atoms with Crippen molar-refractivity contribution < 1.29 is 23.4 Å². The van der Waals surface area contributed by atoms with Gasteiger partial charge in [0.15, 0.2) is 5.78 Å². The first-order chi connectivity index (χ1) is 9.37. The summed E-state index contributed by atoms with van der Waals surface area (Å²) in [5.74, 6) is -6.47. The predicted molar refractivity (Wildman–Crippen MR) is 67.0 cm³/mol. The smallest absolute Gasteiger partial charge is 0.308 e. The van der Waals surface area contributed by atoms with Gasteiger partial charge in [-0.3, -0.25) is 4.79 Å². The van der Waals surface area contributed by atoms with Crippen LogP contribution >= 0.6 is 0 Å². The number of allylic oxidation sites excluding steroid dienone is 2. The fourth-order valence-corrected chi connectivity index (χ4v) is 2.53. The van der Waals surface area contributed by atoms with E-state index >= 15 is 0 Å². The van der Waals surface area contributed by atoms with Gasteiger partial charge in [0.25, 0.3) is 5.79 Å². The van der Waals surface area contributed by atoms with Gasteiger partial charge >= 0.3 is 5.92 Å². The Morgan fingerprint density at radius 2 is 1.70 bits per heavy atom. The molecule has 3 rings (SSSR count). The van der Waals surface area contributed by atoms with Gasteiger partial charge < -0.3 is 9.84 Å². The molecule has 1 spiro atoms. The van der Waals surface area contributed by atoms with Gasteiger partial charge in [-0.15, -0.1) is 0 Å². The van der Waals surface area contributed by atoms with Gasteiger partial charge in [-0.1, -0.05) is 30.3 Å². The number of hydrogen-bond acceptors (Lipinski definition) is 3. The standard InChI is InChI=1S/C15H12F2O3/c16-14(17)10-13(8-6-12(18)7-9-13)20-15(14,19)11-4-2-1-3-5-11/h1-9,19H,10H2. The molecule has 1 aliphatic carbocycles. The fourth-order valence-electron chi connectivity index (χ4n) is 2.53. The number of carbonyl (C=O) groups excluding carboxylic acids is 1. The monoisotopic (exact) mass is 278 g/mol. The molecule has 1 aromatic rings. The molecule has 0 bridgehead atoms. The topological polar surface area (TPSA) is 46.5 Å². The first-order valence-electron chi connectivity index (χ1n) is 6.15. The number of rotatable bonds is 1. The van der Waals surface area contributed by atoms with E-state index in [-0.39, 0.29) is 11.3 Å². The Bertz CT molecular complexity index is 591. The Hall–Kier alpha value is -1.85. The molecule has 1 atom stereocenters. The summed E-state index contributed by atoms with van der Waals surface area (Å²) in [7, 11) is 0. The Labute approximate surface area is 114 Å². The highest BCUT2D eigenvalue weighted by atomic mass is 19.3. The molecule has 1 heterocycles. The number of benzene rings is 1. The van der Waals surface area contributed by atoms with Gasteiger partial charge in [-0.2, -0.15) is 0 Å². The molecule has 1 fully saturated rings. The highest BCUT2D eigenvalue weighted by Crippen LogP contribution is 2.54. The molecule has 1 saturated heterocycles. The van der Waals surface area contributed by atoms with E-state index < -0.39 is 23.7 Å². The van der Waals surface area contributed by atoms with Crippen LogP contribution in [0.3, 0.4) is 0 Å². The molecule has 0 radical (unpaired) electrons. The Morgan fingerprint density at radius 1 is 1.10 bits per heavy atom. The largest absolute Gasteiger partial charge is 0.357 e. The van der Waals surface area contributed by atoms with Crippen molar-refractivity contribution in [1.29, 1.82) is 0 Å². The van der Waals surface area contributed by atoms with Crippen LogP contribution in [0.5, 0.6) is 0 Å². The van der Waals surface area contributed by atoms with Crippen LogP contribution in [0.4, 0.5) is 8.78 Å². The van der Waals surface area contributed by atoms with Gasteiger partial charge in [-0.05, 0) is 24.3 Å². The third kappa shape index (κ3) is 1.82. The summed E-state index contributed by atoms with van der Waals surface area (Å²) < 4.78 is 33.9. The quantitative estimate of drug-likeness (QED) is 0.857. The fraction of sp³-hybridized carbons (Fsp3) is 0.267. The highest BCUT2D eigenvalue weighted by molar-refractivity contribution is 6.00. The Balaban J connectivity index is 2.04. The summed E-state index contributed by atoms with van der Waals surface area (Å²) in [6, 6.07) is 7.53. The number of hydrogen-bond donors (Lipinski definition) is 1. The molecule has 1 unspecified atom stereocenters. The van der Waals surface area contributed by atoms with Gasteiger partial charge in [0.2, 0.25) is 0 Å². The van der Waals surface area contributed by atoms with Crippen LogP contribution in [0.25, 0.3) is 0 Å². The van der Waals surface area contributed by atoms with Crippen LogP contribution in [0.15, 0.2) is 54.6 Å². The molecule has 20 heavy (non-hydrogen) atoms. The van der Waals surface area contributed by atoms with Crippen molar-refractivity contribution in [3.63, 3.8) is 0 Å². The molecule has 2 aliphatic rings. The van der Waals surface area contributed by atoms with Crippen molar-refractivity contribution in [2.45, 2.75) is 23.7 Å². The number of halogens is 2. The molecule has 0 amide bonds. The average molecular weight is 278 g/mol. The lowest BCUT2D eigenvalue weighted by molar-refractivity contribution is -0.292. The van der Waals surface area contributed by atoms with Crippen molar-refractivity contribution >= 4 is 5.78 Å². The van der Waals surface area contributed by atoms with Crippen LogP contribution in [-0.4, -0.2) is 22.4 Å². The van der Waals surface area contributed by atoms with Gasteiger partial charge in [0.05, 0.1) is 6.42 Å². The van der Waals surface area contributed by atoms with Gasteiger partial charge in [-0.25, -0.2) is 8.78 Å². The van der Waals surface area contributed by atoms with E-state index in [9.17, 15) is 18.7 Å². The molecule has 0 saturated carbocycles. The number of ether oxygens (including phenoxy) is 1. The number of alkyl halides is 2. The Kier molecular flexibility index (Phi) is 2.68. The van der Waals surface area contributed by atoms with Crippen LogP contribution in [0, 0.1) is 0 Å². The third-order valence-corrected chi connectivity index (χ3v) is 3.56. The van der Waals surface area contributed by atoms with E-state index in [1.165, 1.54) is 36.4 Å². The normalized spacial score (nSPS) is 30.1. The maximum absolute atomic E-state index is 14.3. The van der Waals surface area contributed by atoms with Crippen LogP contribution in [-0.2, 0) is 15.3 Å². The zero-order chi connectivity index (χ0) is 14.4. The minimum atomic E-state index is -3.47. The third-order valence-electron chi connectivity index (χ3n) is 3.56. The van der Waals surface area contributed by atoms with E-state index in [4.69, 9.17) is 4.74 Å². The predicted octanol–water partition coefficient (Wildman–Crippen LogP) is 2.32. The average Bonchev–Trinajstić information content (AvgIpc) is 2.63. The second-order valence-electron chi connectivity index (χ2n) is 5.02. The number of ketones is 1. The Morgan fingerprint density at radius 3 is 2.30 bits per heavy atom. The molecular weight excluding hydrogens is 266 g/mol. The molecule has 1 aliphatic heterocycles. The summed E-state index contributed by atoms with van der Waals surface area (Å²) in [6.07, 6.45) is 4.17. The minimum Gasteiger partial charge on any atom is -0.357 e. The second kappa shape index (κ2) is 4.07. The van der Waals surface area contributed by atoms with Crippen molar-refractivity contribution in [3.05, 3.63) is 60.2 Å². The first kappa shape index (κ1) is 13.1. The van der Waals surface area contributed by atoms with Gasteiger partial charge in [0.1, 0.15) is 5.60 Å². The molecular formula is C15H12F2O3. The van der Waals surface area contributed by atoms with Crippen molar-refractivity contribution in [2.24, 2.45) is 0 Å². The summed E-state index contributed by atoms with van der Waals surface area (Å²) in [5, 5.41) is 10.3. The molecule has 3 nitrogen and oxygen atoms in total. The lowest BCUT2D eigenvalue weighted by atomic mass is 9.91. The maximum Gasteiger partial charge on any atom is 0.308 e. The number of carbonyl (C=O) groups is 1. The summed E-state index contributed by atoms with van der Waals surface area (Å²) in [5.41, 5.74) is -1.47. The van der Waals surface area contributed by atoms with E-state index in [0.29, 0.717) is 0 Å².